The summed E-state index contributed by atoms with van der Waals surface area (Å²) in [6, 6.07) is 9.25. The van der Waals surface area contributed by atoms with E-state index in [-0.39, 0.29) is 0 Å². The van der Waals surface area contributed by atoms with E-state index in [4.69, 9.17) is 5.73 Å². The lowest BCUT2D eigenvalue weighted by molar-refractivity contribution is 0.647. The van der Waals surface area contributed by atoms with Crippen LogP contribution in [0.15, 0.2) is 24.3 Å². The van der Waals surface area contributed by atoms with Crippen molar-refractivity contribution in [2.75, 3.05) is 18.0 Å². The van der Waals surface area contributed by atoms with E-state index in [1.165, 1.54) is 11.3 Å². The first-order chi connectivity index (χ1) is 7.65. The van der Waals surface area contributed by atoms with E-state index in [1.807, 2.05) is 0 Å². The molecule has 0 saturated carbocycles. The van der Waals surface area contributed by atoms with E-state index in [9.17, 15) is 0 Å². The van der Waals surface area contributed by atoms with Crippen molar-refractivity contribution in [3.05, 3.63) is 29.8 Å². The van der Waals surface area contributed by atoms with Crippen LogP contribution in [-0.4, -0.2) is 19.1 Å². The Hall–Kier alpha value is -1.02. The number of nitrogens with two attached hydrogens (primary N) is 1. The van der Waals surface area contributed by atoms with E-state index >= 15 is 0 Å². The predicted octanol–water partition coefficient (Wildman–Crippen LogP) is 2.42. The fourth-order valence-electron chi connectivity index (χ4n) is 2.37. The van der Waals surface area contributed by atoms with Crippen molar-refractivity contribution in [1.82, 2.24) is 0 Å². The third-order valence-corrected chi connectivity index (χ3v) is 3.14. The molecule has 2 N–H and O–H groups in total. The van der Waals surface area contributed by atoms with Gasteiger partial charge >= 0.3 is 0 Å². The van der Waals surface area contributed by atoms with Crippen LogP contribution in [0.1, 0.15) is 25.8 Å². The Balaban J connectivity index is 2.09. The molecule has 16 heavy (non-hydrogen) atoms. The van der Waals surface area contributed by atoms with Crippen LogP contribution in [0, 0.1) is 5.92 Å². The molecule has 1 aromatic rings. The average Bonchev–Trinajstić information content (AvgIpc) is 2.64. The summed E-state index contributed by atoms with van der Waals surface area (Å²) in [4.78, 5) is 2.40. The Labute approximate surface area is 98.4 Å². The molecule has 1 fully saturated rings. The van der Waals surface area contributed by atoms with Gasteiger partial charge in [-0.1, -0.05) is 26.0 Å². The molecule has 0 amide bonds. The number of anilines is 1. The lowest BCUT2D eigenvalue weighted by atomic mass is 10.0. The van der Waals surface area contributed by atoms with Gasteiger partial charge in [-0.05, 0) is 36.5 Å². The molecular formula is C14H22N2. The number of benzene rings is 1. The van der Waals surface area contributed by atoms with Gasteiger partial charge < -0.3 is 10.6 Å². The lowest BCUT2D eigenvalue weighted by Crippen LogP contribution is -2.26. The molecule has 1 unspecified atom stereocenters. The Morgan fingerprint density at radius 2 is 2.25 bits per heavy atom. The highest BCUT2D eigenvalue weighted by Gasteiger charge is 2.19. The summed E-state index contributed by atoms with van der Waals surface area (Å²) in [5.74, 6) is 0.719. The van der Waals surface area contributed by atoms with Gasteiger partial charge in [-0.25, -0.2) is 0 Å². The molecular weight excluding hydrogens is 196 g/mol. The Kier molecular flexibility index (Phi) is 3.49. The maximum absolute atomic E-state index is 5.94. The van der Waals surface area contributed by atoms with Crippen LogP contribution >= 0.6 is 0 Å². The summed E-state index contributed by atoms with van der Waals surface area (Å²) in [5, 5.41) is 0. The van der Waals surface area contributed by atoms with E-state index in [0.717, 1.165) is 31.8 Å². The predicted molar refractivity (Wildman–Crippen MR) is 69.8 cm³/mol. The maximum atomic E-state index is 5.94. The molecule has 0 aliphatic carbocycles. The van der Waals surface area contributed by atoms with Crippen molar-refractivity contribution < 1.29 is 0 Å². The number of hydrogen-bond donors (Lipinski definition) is 1. The van der Waals surface area contributed by atoms with Crippen LogP contribution in [-0.2, 0) is 6.42 Å². The first kappa shape index (κ1) is 11.5. The van der Waals surface area contributed by atoms with Crippen molar-refractivity contribution >= 4 is 5.69 Å². The van der Waals surface area contributed by atoms with Gasteiger partial charge in [0.25, 0.3) is 0 Å². The molecule has 0 spiro atoms. The first-order valence-electron chi connectivity index (χ1n) is 6.24. The summed E-state index contributed by atoms with van der Waals surface area (Å²) in [6.07, 6.45) is 2.28. The minimum atomic E-state index is 0.355. The molecule has 1 heterocycles. The Morgan fingerprint density at radius 1 is 1.44 bits per heavy atom. The van der Waals surface area contributed by atoms with Gasteiger partial charge in [0, 0.05) is 24.8 Å². The fraction of sp³-hybridized carbons (Fsp3) is 0.571. The highest BCUT2D eigenvalue weighted by atomic mass is 15.2. The molecule has 2 heteroatoms. The molecule has 1 aliphatic heterocycles. The molecule has 1 aromatic carbocycles. The van der Waals surface area contributed by atoms with Gasteiger partial charge in [0.2, 0.25) is 0 Å². The highest BCUT2D eigenvalue weighted by molar-refractivity contribution is 5.49. The van der Waals surface area contributed by atoms with Crippen LogP contribution < -0.4 is 10.6 Å². The molecule has 1 saturated heterocycles. The SMILES string of the molecule is CC(C)Cc1cccc(N2CCC(N)C2)c1. The lowest BCUT2D eigenvalue weighted by Gasteiger charge is -2.19. The molecule has 88 valence electrons. The van der Waals surface area contributed by atoms with Crippen LogP contribution in [0.4, 0.5) is 5.69 Å². The number of hydrogen-bond acceptors (Lipinski definition) is 2. The Bertz CT molecular complexity index is 346. The smallest absolute Gasteiger partial charge is 0.0369 e. The third-order valence-electron chi connectivity index (χ3n) is 3.14. The molecule has 0 radical (unpaired) electrons. The normalized spacial score (nSPS) is 20.8. The summed E-state index contributed by atoms with van der Waals surface area (Å²) < 4.78 is 0. The number of rotatable bonds is 3. The molecule has 1 atom stereocenters. The second-order valence-corrected chi connectivity index (χ2v) is 5.26. The third kappa shape index (κ3) is 2.76. The topological polar surface area (TPSA) is 29.3 Å². The van der Waals surface area contributed by atoms with E-state index in [0.29, 0.717) is 6.04 Å². The monoisotopic (exact) mass is 218 g/mol. The number of nitrogens with zero attached hydrogens (tertiary/aromatic N) is 1. The zero-order valence-corrected chi connectivity index (χ0v) is 10.3. The van der Waals surface area contributed by atoms with Gasteiger partial charge in [-0.2, -0.15) is 0 Å². The minimum absolute atomic E-state index is 0.355. The van der Waals surface area contributed by atoms with Crippen molar-refractivity contribution in [3.8, 4) is 0 Å². The van der Waals surface area contributed by atoms with E-state index in [2.05, 4.69) is 43.0 Å². The highest BCUT2D eigenvalue weighted by Crippen LogP contribution is 2.22. The molecule has 0 aromatic heterocycles. The molecule has 0 bridgehead atoms. The van der Waals surface area contributed by atoms with Gasteiger partial charge in [0.1, 0.15) is 0 Å². The fourth-order valence-corrected chi connectivity index (χ4v) is 2.37. The average molecular weight is 218 g/mol. The zero-order chi connectivity index (χ0) is 11.5. The van der Waals surface area contributed by atoms with Gasteiger partial charge in [-0.15, -0.1) is 0 Å². The second kappa shape index (κ2) is 4.88. The van der Waals surface area contributed by atoms with Crippen molar-refractivity contribution in [3.63, 3.8) is 0 Å². The van der Waals surface area contributed by atoms with Crippen molar-refractivity contribution in [2.24, 2.45) is 11.7 Å². The van der Waals surface area contributed by atoms with Gasteiger partial charge in [-0.3, -0.25) is 0 Å². The van der Waals surface area contributed by atoms with E-state index in [1.54, 1.807) is 0 Å². The standard InChI is InChI=1S/C14H22N2/c1-11(2)8-12-4-3-5-14(9-12)16-7-6-13(15)10-16/h3-5,9,11,13H,6-8,10,15H2,1-2H3. The molecule has 2 nitrogen and oxygen atoms in total. The van der Waals surface area contributed by atoms with Gasteiger partial charge in [0.15, 0.2) is 0 Å². The van der Waals surface area contributed by atoms with Crippen molar-refractivity contribution in [1.29, 1.82) is 0 Å². The van der Waals surface area contributed by atoms with Crippen LogP contribution in [0.5, 0.6) is 0 Å². The molecule has 2 rings (SSSR count). The largest absolute Gasteiger partial charge is 0.370 e. The zero-order valence-electron chi connectivity index (χ0n) is 10.3. The van der Waals surface area contributed by atoms with E-state index < -0.39 is 0 Å². The minimum Gasteiger partial charge on any atom is -0.370 e. The first-order valence-corrected chi connectivity index (χ1v) is 6.24. The summed E-state index contributed by atoms with van der Waals surface area (Å²) >= 11 is 0. The van der Waals surface area contributed by atoms with Crippen molar-refractivity contribution in [2.45, 2.75) is 32.7 Å². The summed E-state index contributed by atoms with van der Waals surface area (Å²) in [7, 11) is 0. The van der Waals surface area contributed by atoms with Crippen LogP contribution in [0.25, 0.3) is 0 Å². The van der Waals surface area contributed by atoms with Crippen LogP contribution in [0.2, 0.25) is 0 Å². The summed E-state index contributed by atoms with van der Waals surface area (Å²) in [6.45, 7) is 6.63. The second-order valence-electron chi connectivity index (χ2n) is 5.26. The van der Waals surface area contributed by atoms with Crippen LogP contribution in [0.3, 0.4) is 0 Å². The molecule has 1 aliphatic rings. The Morgan fingerprint density at radius 3 is 2.88 bits per heavy atom. The maximum Gasteiger partial charge on any atom is 0.0369 e. The van der Waals surface area contributed by atoms with Gasteiger partial charge in [0.05, 0.1) is 0 Å². The summed E-state index contributed by atoms with van der Waals surface area (Å²) in [5.41, 5.74) is 8.72. The quantitative estimate of drug-likeness (QED) is 0.844.